The lowest BCUT2D eigenvalue weighted by atomic mass is 9.97. The highest BCUT2D eigenvalue weighted by atomic mass is 35.5. The molecule has 4 nitrogen and oxygen atoms in total. The van der Waals surface area contributed by atoms with Crippen LogP contribution < -0.4 is 0 Å². The summed E-state index contributed by atoms with van der Waals surface area (Å²) >= 11 is 5.88. The van der Waals surface area contributed by atoms with Crippen molar-refractivity contribution in [2.45, 2.75) is 19.3 Å². The van der Waals surface area contributed by atoms with Crippen molar-refractivity contribution < 1.29 is 18.3 Å². The largest absolute Gasteiger partial charge is 0.481 e. The predicted molar refractivity (Wildman–Crippen MR) is 73.8 cm³/mol. The van der Waals surface area contributed by atoms with Gasteiger partial charge in [0.25, 0.3) is 0 Å². The standard InChI is InChI=1S/C13H13ClO4S/c14-11-3-1-10-8-12(4-2-9(10)7-11)19(17,18)6-5-13(15)16/h1,3,7-8H,2,4-6H2,(H,15,16). The van der Waals surface area contributed by atoms with Gasteiger partial charge in [-0.3, -0.25) is 4.79 Å². The average molecular weight is 301 g/mol. The molecule has 1 aliphatic carbocycles. The Morgan fingerprint density at radius 2 is 2.05 bits per heavy atom. The second kappa shape index (κ2) is 5.35. The minimum absolute atomic E-state index is 0.309. The maximum absolute atomic E-state index is 12.0. The third kappa shape index (κ3) is 3.36. The van der Waals surface area contributed by atoms with E-state index in [-0.39, 0.29) is 12.2 Å². The number of fused-ring (bicyclic) bond motifs is 1. The first kappa shape index (κ1) is 14.1. The molecular formula is C13H13ClO4S. The monoisotopic (exact) mass is 300 g/mol. The lowest BCUT2D eigenvalue weighted by Crippen LogP contribution is -2.15. The van der Waals surface area contributed by atoms with Gasteiger partial charge in [-0.2, -0.15) is 0 Å². The number of sulfone groups is 1. The Kier molecular flexibility index (Phi) is 3.96. The summed E-state index contributed by atoms with van der Waals surface area (Å²) in [5, 5.41) is 9.19. The highest BCUT2D eigenvalue weighted by Gasteiger charge is 2.22. The summed E-state index contributed by atoms with van der Waals surface area (Å²) in [5.74, 6) is -1.45. The van der Waals surface area contributed by atoms with Gasteiger partial charge in [0.1, 0.15) is 0 Å². The fraction of sp³-hybridized carbons (Fsp3) is 0.308. The number of aliphatic carboxylic acids is 1. The van der Waals surface area contributed by atoms with Gasteiger partial charge >= 0.3 is 5.97 Å². The third-order valence-electron chi connectivity index (χ3n) is 3.05. The molecule has 0 amide bonds. The van der Waals surface area contributed by atoms with Gasteiger partial charge in [-0.15, -0.1) is 0 Å². The van der Waals surface area contributed by atoms with E-state index < -0.39 is 15.8 Å². The molecule has 102 valence electrons. The quantitative estimate of drug-likeness (QED) is 0.927. The number of halogens is 1. The topological polar surface area (TPSA) is 71.4 Å². The molecule has 0 aromatic heterocycles. The van der Waals surface area contributed by atoms with E-state index in [2.05, 4.69) is 0 Å². The number of hydrogen-bond acceptors (Lipinski definition) is 3. The van der Waals surface area contributed by atoms with Gasteiger partial charge in [0.05, 0.1) is 12.2 Å². The van der Waals surface area contributed by atoms with Crippen molar-refractivity contribution >= 4 is 33.5 Å². The van der Waals surface area contributed by atoms with Crippen molar-refractivity contribution in [1.82, 2.24) is 0 Å². The average Bonchev–Trinajstić information content (AvgIpc) is 2.36. The molecule has 0 bridgehead atoms. The number of aryl methyl sites for hydroxylation is 1. The molecule has 2 rings (SSSR count). The number of allylic oxidation sites excluding steroid dienone is 1. The summed E-state index contributed by atoms with van der Waals surface area (Å²) < 4.78 is 24.0. The SMILES string of the molecule is O=C(O)CCS(=O)(=O)C1=Cc2ccc(Cl)cc2CC1. The Morgan fingerprint density at radius 3 is 2.74 bits per heavy atom. The summed E-state index contributed by atoms with van der Waals surface area (Å²) in [4.78, 5) is 10.8. The number of carboxylic acid groups (broad SMARTS) is 1. The minimum atomic E-state index is -3.48. The van der Waals surface area contributed by atoms with Crippen molar-refractivity contribution in [3.8, 4) is 0 Å². The van der Waals surface area contributed by atoms with Crippen LogP contribution in [0.15, 0.2) is 23.1 Å². The molecule has 1 aromatic carbocycles. The molecule has 0 spiro atoms. The summed E-state index contributed by atoms with van der Waals surface area (Å²) in [6.07, 6.45) is 2.25. The van der Waals surface area contributed by atoms with Crippen LogP contribution >= 0.6 is 11.6 Å². The highest BCUT2D eigenvalue weighted by Crippen LogP contribution is 2.29. The van der Waals surface area contributed by atoms with Crippen molar-refractivity contribution in [2.75, 3.05) is 5.75 Å². The molecule has 1 aliphatic rings. The molecule has 1 aromatic rings. The Morgan fingerprint density at radius 1 is 1.32 bits per heavy atom. The van der Waals surface area contributed by atoms with E-state index in [1.165, 1.54) is 0 Å². The van der Waals surface area contributed by atoms with Crippen LogP contribution in [0.1, 0.15) is 24.0 Å². The van der Waals surface area contributed by atoms with E-state index in [1.54, 1.807) is 18.2 Å². The molecule has 1 N–H and O–H groups in total. The normalized spacial score (nSPS) is 14.7. The maximum Gasteiger partial charge on any atom is 0.304 e. The van der Waals surface area contributed by atoms with Crippen LogP contribution in [-0.4, -0.2) is 25.2 Å². The third-order valence-corrected chi connectivity index (χ3v) is 5.14. The Bertz CT molecular complexity index is 647. The van der Waals surface area contributed by atoms with Crippen LogP contribution in [0.3, 0.4) is 0 Å². The molecule has 0 unspecified atom stereocenters. The summed E-state index contributed by atoms with van der Waals surface area (Å²) in [7, 11) is -3.48. The van der Waals surface area contributed by atoms with Crippen LogP contribution in [0.25, 0.3) is 6.08 Å². The number of carbonyl (C=O) groups is 1. The van der Waals surface area contributed by atoms with Crippen LogP contribution in [-0.2, 0) is 21.1 Å². The Balaban J connectivity index is 2.28. The van der Waals surface area contributed by atoms with Gasteiger partial charge in [0.2, 0.25) is 0 Å². The van der Waals surface area contributed by atoms with Crippen LogP contribution in [0, 0.1) is 0 Å². The van der Waals surface area contributed by atoms with E-state index in [0.717, 1.165) is 11.1 Å². The first-order chi connectivity index (χ1) is 8.88. The highest BCUT2D eigenvalue weighted by molar-refractivity contribution is 7.95. The van der Waals surface area contributed by atoms with Gasteiger partial charge in [0.15, 0.2) is 9.84 Å². The molecule has 0 fully saturated rings. The van der Waals surface area contributed by atoms with Crippen LogP contribution in [0.2, 0.25) is 5.02 Å². The molecule has 0 radical (unpaired) electrons. The molecule has 0 saturated carbocycles. The molecule has 0 saturated heterocycles. The lowest BCUT2D eigenvalue weighted by molar-refractivity contribution is -0.136. The fourth-order valence-electron chi connectivity index (χ4n) is 2.03. The molecule has 0 atom stereocenters. The zero-order valence-electron chi connectivity index (χ0n) is 10.1. The smallest absolute Gasteiger partial charge is 0.304 e. The van der Waals surface area contributed by atoms with Gasteiger partial charge in [-0.05, 0) is 42.2 Å². The molecule has 19 heavy (non-hydrogen) atoms. The zero-order chi connectivity index (χ0) is 14.0. The summed E-state index contributed by atoms with van der Waals surface area (Å²) in [6.45, 7) is 0. The molecule has 0 heterocycles. The fourth-order valence-corrected chi connectivity index (χ4v) is 3.65. The van der Waals surface area contributed by atoms with Crippen molar-refractivity contribution in [2.24, 2.45) is 0 Å². The second-order valence-corrected chi connectivity index (χ2v) is 7.01. The second-order valence-electron chi connectivity index (χ2n) is 4.42. The van der Waals surface area contributed by atoms with Gasteiger partial charge in [-0.25, -0.2) is 8.42 Å². The number of benzene rings is 1. The predicted octanol–water partition coefficient (Wildman–Crippen LogP) is 2.52. The molecule has 6 heteroatoms. The van der Waals surface area contributed by atoms with E-state index in [1.807, 2.05) is 6.07 Å². The Hall–Kier alpha value is -1.33. The minimum Gasteiger partial charge on any atom is -0.481 e. The van der Waals surface area contributed by atoms with Gasteiger partial charge in [-0.1, -0.05) is 17.7 Å². The maximum atomic E-state index is 12.0. The van der Waals surface area contributed by atoms with E-state index in [4.69, 9.17) is 16.7 Å². The van der Waals surface area contributed by atoms with Crippen molar-refractivity contribution in [3.63, 3.8) is 0 Å². The summed E-state index contributed by atoms with van der Waals surface area (Å²) in [5.41, 5.74) is 1.86. The first-order valence-electron chi connectivity index (χ1n) is 5.82. The molecule has 0 aliphatic heterocycles. The van der Waals surface area contributed by atoms with Crippen molar-refractivity contribution in [3.05, 3.63) is 39.3 Å². The number of rotatable bonds is 4. The van der Waals surface area contributed by atoms with Gasteiger partial charge < -0.3 is 5.11 Å². The lowest BCUT2D eigenvalue weighted by Gasteiger charge is -2.16. The van der Waals surface area contributed by atoms with Gasteiger partial charge in [0, 0.05) is 9.93 Å². The van der Waals surface area contributed by atoms with Crippen LogP contribution in [0.4, 0.5) is 0 Å². The number of carboxylic acids is 1. The molecular weight excluding hydrogens is 288 g/mol. The van der Waals surface area contributed by atoms with E-state index >= 15 is 0 Å². The number of hydrogen-bond donors (Lipinski definition) is 1. The first-order valence-corrected chi connectivity index (χ1v) is 7.85. The van der Waals surface area contributed by atoms with Crippen LogP contribution in [0.5, 0.6) is 0 Å². The summed E-state index contributed by atoms with van der Waals surface area (Å²) in [6, 6.07) is 5.32. The van der Waals surface area contributed by atoms with E-state index in [0.29, 0.717) is 22.8 Å². The Labute approximate surface area is 116 Å². The van der Waals surface area contributed by atoms with E-state index in [9.17, 15) is 13.2 Å². The van der Waals surface area contributed by atoms with Crippen molar-refractivity contribution in [1.29, 1.82) is 0 Å². The zero-order valence-corrected chi connectivity index (χ0v) is 11.7.